The summed E-state index contributed by atoms with van der Waals surface area (Å²) in [5, 5.41) is 5.84. The van der Waals surface area contributed by atoms with Crippen molar-refractivity contribution in [2.45, 2.75) is 12.6 Å². The summed E-state index contributed by atoms with van der Waals surface area (Å²) in [6.45, 7) is 0.830. The number of amides is 1. The molecule has 0 aliphatic heterocycles. The van der Waals surface area contributed by atoms with Crippen molar-refractivity contribution in [1.29, 1.82) is 0 Å². The van der Waals surface area contributed by atoms with Gasteiger partial charge in [-0.05, 0) is 42.3 Å². The fraction of sp³-hybridized carbons (Fsp3) is 0.227. The van der Waals surface area contributed by atoms with E-state index in [4.69, 9.17) is 16.3 Å². The van der Waals surface area contributed by atoms with Crippen molar-refractivity contribution in [3.8, 4) is 5.75 Å². The summed E-state index contributed by atoms with van der Waals surface area (Å²) < 4.78 is 5.39. The molecule has 1 N–H and O–H groups in total. The van der Waals surface area contributed by atoms with E-state index >= 15 is 0 Å². The van der Waals surface area contributed by atoms with Crippen LogP contribution in [0.3, 0.4) is 0 Å². The molecule has 0 aliphatic carbocycles. The number of methoxy groups -OCH3 is 1. The highest BCUT2D eigenvalue weighted by atomic mass is 35.5. The Morgan fingerprint density at radius 2 is 1.96 bits per heavy atom. The second-order valence-corrected chi connectivity index (χ2v) is 7.97. The van der Waals surface area contributed by atoms with E-state index in [-0.39, 0.29) is 18.5 Å². The fourth-order valence-electron chi connectivity index (χ4n) is 3.09. The van der Waals surface area contributed by atoms with Crippen molar-refractivity contribution in [2.24, 2.45) is 0 Å². The number of carbonyl (C=O) groups excluding carboxylic acids is 1. The molecule has 28 heavy (non-hydrogen) atoms. The minimum atomic E-state index is -0.150. The van der Waals surface area contributed by atoms with Crippen LogP contribution in [0.2, 0.25) is 5.02 Å². The third kappa shape index (κ3) is 5.35. The maximum absolute atomic E-state index is 12.7. The van der Waals surface area contributed by atoms with Crippen LogP contribution in [0.25, 0.3) is 0 Å². The Kier molecular flexibility index (Phi) is 7.09. The van der Waals surface area contributed by atoms with Crippen molar-refractivity contribution >= 4 is 28.8 Å². The van der Waals surface area contributed by atoms with E-state index in [1.807, 2.05) is 71.9 Å². The number of rotatable bonds is 8. The van der Waals surface area contributed by atoms with Crippen molar-refractivity contribution in [3.63, 3.8) is 0 Å². The Hall–Kier alpha value is -2.34. The molecule has 3 rings (SSSR count). The predicted octanol–water partition coefficient (Wildman–Crippen LogP) is 4.75. The second kappa shape index (κ2) is 9.73. The number of halogens is 1. The zero-order valence-electron chi connectivity index (χ0n) is 15.9. The quantitative estimate of drug-likeness (QED) is 0.578. The average Bonchev–Trinajstić information content (AvgIpc) is 3.21. The molecular formula is C22H23ClN2O2S. The van der Waals surface area contributed by atoms with Crippen molar-refractivity contribution in [1.82, 2.24) is 10.2 Å². The number of hydrogen-bond acceptors (Lipinski definition) is 4. The molecule has 0 spiro atoms. The molecule has 0 fully saturated rings. The van der Waals surface area contributed by atoms with Gasteiger partial charge in [0.25, 0.3) is 0 Å². The number of likely N-dealkylation sites (N-methyl/N-ethyl adjacent to an activating group) is 1. The van der Waals surface area contributed by atoms with Crippen LogP contribution in [0.15, 0.2) is 66.0 Å². The van der Waals surface area contributed by atoms with Gasteiger partial charge in [0.05, 0.1) is 19.7 Å². The maximum Gasteiger partial charge on any atom is 0.234 e. The highest BCUT2D eigenvalue weighted by Crippen LogP contribution is 2.26. The Bertz CT molecular complexity index is 900. The van der Waals surface area contributed by atoms with Crippen molar-refractivity contribution < 1.29 is 9.53 Å². The lowest BCUT2D eigenvalue weighted by molar-refractivity contribution is -0.122. The van der Waals surface area contributed by atoms with E-state index in [1.54, 1.807) is 24.5 Å². The van der Waals surface area contributed by atoms with Crippen LogP contribution in [0.5, 0.6) is 5.75 Å². The largest absolute Gasteiger partial charge is 0.496 e. The number of nitrogens with zero attached hydrogens (tertiary/aromatic N) is 1. The first-order chi connectivity index (χ1) is 13.6. The molecule has 0 saturated heterocycles. The number of ether oxygens (including phenoxy) is 1. The number of nitrogens with one attached hydrogen (secondary N) is 1. The molecule has 1 amide bonds. The van der Waals surface area contributed by atoms with Gasteiger partial charge in [0.1, 0.15) is 5.75 Å². The molecule has 1 atom stereocenters. The van der Waals surface area contributed by atoms with Gasteiger partial charge in [-0.3, -0.25) is 9.69 Å². The van der Waals surface area contributed by atoms with Crippen LogP contribution in [0.4, 0.5) is 0 Å². The van der Waals surface area contributed by atoms with E-state index in [2.05, 4.69) is 5.32 Å². The monoisotopic (exact) mass is 414 g/mol. The van der Waals surface area contributed by atoms with Crippen LogP contribution in [0, 0.1) is 0 Å². The molecule has 4 nitrogen and oxygen atoms in total. The molecule has 0 aliphatic rings. The van der Waals surface area contributed by atoms with Gasteiger partial charge in [-0.1, -0.05) is 48.0 Å². The molecule has 1 heterocycles. The van der Waals surface area contributed by atoms with Crippen molar-refractivity contribution in [2.75, 3.05) is 20.7 Å². The lowest BCUT2D eigenvalue weighted by Gasteiger charge is -2.22. The summed E-state index contributed by atoms with van der Waals surface area (Å²) in [7, 11) is 3.54. The molecule has 1 aromatic heterocycles. The Morgan fingerprint density at radius 3 is 2.64 bits per heavy atom. The summed E-state index contributed by atoms with van der Waals surface area (Å²) in [6, 6.07) is 19.4. The van der Waals surface area contributed by atoms with E-state index in [9.17, 15) is 4.79 Å². The summed E-state index contributed by atoms with van der Waals surface area (Å²) in [5.74, 6) is 0.725. The van der Waals surface area contributed by atoms with E-state index in [0.717, 1.165) is 21.8 Å². The van der Waals surface area contributed by atoms with Crippen LogP contribution in [-0.4, -0.2) is 31.5 Å². The van der Waals surface area contributed by atoms with Gasteiger partial charge >= 0.3 is 0 Å². The average molecular weight is 415 g/mol. The minimum Gasteiger partial charge on any atom is -0.496 e. The van der Waals surface area contributed by atoms with Crippen molar-refractivity contribution in [3.05, 3.63) is 87.1 Å². The first-order valence-corrected chi connectivity index (χ1v) is 10.2. The van der Waals surface area contributed by atoms with Gasteiger partial charge in [0, 0.05) is 22.0 Å². The standard InChI is InChI=1S/C22H23ClN2O2S/c1-25(14-17-13-18(23)10-11-19(17)27-2)15-21(26)24-22(20-9-6-12-28-20)16-7-4-3-5-8-16/h3-13,22H,14-15H2,1-2H3,(H,24,26)/t22-/m0/s1. The predicted molar refractivity (Wildman–Crippen MR) is 115 cm³/mol. The summed E-state index contributed by atoms with van der Waals surface area (Å²) in [5.41, 5.74) is 2.01. The molecule has 0 bridgehead atoms. The first kappa shape index (κ1) is 20.4. The molecule has 3 aromatic rings. The van der Waals surface area contributed by atoms with Crippen LogP contribution < -0.4 is 10.1 Å². The lowest BCUT2D eigenvalue weighted by Crippen LogP contribution is -2.37. The zero-order valence-corrected chi connectivity index (χ0v) is 17.5. The third-order valence-electron chi connectivity index (χ3n) is 4.36. The molecule has 6 heteroatoms. The molecule has 146 valence electrons. The lowest BCUT2D eigenvalue weighted by atomic mass is 10.1. The number of hydrogen-bond donors (Lipinski definition) is 1. The van der Waals surface area contributed by atoms with Gasteiger partial charge in [-0.15, -0.1) is 11.3 Å². The summed E-state index contributed by atoms with van der Waals surface area (Å²) in [4.78, 5) is 15.8. The van der Waals surface area contributed by atoms with Gasteiger partial charge < -0.3 is 10.1 Å². The minimum absolute atomic E-state index is 0.0363. The fourth-order valence-corrected chi connectivity index (χ4v) is 4.09. The Morgan fingerprint density at radius 1 is 1.18 bits per heavy atom. The Balaban J connectivity index is 1.67. The molecule has 2 aromatic carbocycles. The SMILES string of the molecule is COc1ccc(Cl)cc1CN(C)CC(=O)N[C@@H](c1ccccc1)c1cccs1. The number of thiophene rings is 1. The number of benzene rings is 2. The topological polar surface area (TPSA) is 41.6 Å². The third-order valence-corrected chi connectivity index (χ3v) is 5.53. The van der Waals surface area contributed by atoms with Crippen LogP contribution in [-0.2, 0) is 11.3 Å². The van der Waals surface area contributed by atoms with Gasteiger partial charge in [-0.25, -0.2) is 0 Å². The van der Waals surface area contributed by atoms with E-state index < -0.39 is 0 Å². The smallest absolute Gasteiger partial charge is 0.234 e. The normalized spacial score (nSPS) is 12.0. The van der Waals surface area contributed by atoms with E-state index in [0.29, 0.717) is 11.6 Å². The molecule has 0 saturated carbocycles. The van der Waals surface area contributed by atoms with Gasteiger partial charge in [0.15, 0.2) is 0 Å². The molecule has 0 unspecified atom stereocenters. The van der Waals surface area contributed by atoms with Crippen LogP contribution >= 0.6 is 22.9 Å². The van der Waals surface area contributed by atoms with E-state index in [1.165, 1.54) is 0 Å². The van der Waals surface area contributed by atoms with Gasteiger partial charge in [-0.2, -0.15) is 0 Å². The highest BCUT2D eigenvalue weighted by molar-refractivity contribution is 7.10. The summed E-state index contributed by atoms with van der Waals surface area (Å²) in [6.07, 6.45) is 0. The molecular weight excluding hydrogens is 392 g/mol. The first-order valence-electron chi connectivity index (χ1n) is 8.95. The molecule has 0 radical (unpaired) electrons. The summed E-state index contributed by atoms with van der Waals surface area (Å²) >= 11 is 7.74. The van der Waals surface area contributed by atoms with Crippen LogP contribution in [0.1, 0.15) is 22.0 Å². The number of carbonyl (C=O) groups is 1. The van der Waals surface area contributed by atoms with Gasteiger partial charge in [0.2, 0.25) is 5.91 Å². The zero-order chi connectivity index (χ0) is 19.9. The second-order valence-electron chi connectivity index (χ2n) is 6.56. The highest BCUT2D eigenvalue weighted by Gasteiger charge is 2.19. The Labute approximate surface area is 174 Å². The maximum atomic E-state index is 12.7.